The van der Waals surface area contributed by atoms with Gasteiger partial charge in [0, 0.05) is 30.2 Å². The number of amides is 1. The molecule has 0 saturated carbocycles. The molecule has 0 fully saturated rings. The minimum absolute atomic E-state index is 0. The highest BCUT2D eigenvalue weighted by Gasteiger charge is 2.14. The number of hydrogen-bond donors (Lipinski definition) is 1. The standard InChI is InChI=1S/C26H24N4O4.H2O/c1-17-4-7-19(8-5-17)28-25(31)16-34-26-20(9-6-18-10-12-27-13-11-18)29-21-14-23(32-2)24(33-3)15-22(21)30-26;/h4-15H,16H2,1-3H3,(H,28,31);1H2/b9-6-;. The summed E-state index contributed by atoms with van der Waals surface area (Å²) in [6, 6.07) is 14.7. The minimum Gasteiger partial charge on any atom is -0.493 e. The lowest BCUT2D eigenvalue weighted by atomic mass is 10.2. The Hall–Kier alpha value is -4.50. The molecule has 0 aliphatic rings. The quantitative estimate of drug-likeness (QED) is 0.412. The zero-order valence-corrected chi connectivity index (χ0v) is 19.6. The molecule has 2 heterocycles. The number of anilines is 1. The van der Waals surface area contributed by atoms with E-state index >= 15 is 0 Å². The summed E-state index contributed by atoms with van der Waals surface area (Å²) in [5.74, 6) is 0.984. The van der Waals surface area contributed by atoms with Gasteiger partial charge in [-0.25, -0.2) is 9.97 Å². The lowest BCUT2D eigenvalue weighted by Crippen LogP contribution is -2.21. The molecule has 0 aliphatic carbocycles. The van der Waals surface area contributed by atoms with E-state index in [1.807, 2.05) is 49.4 Å². The van der Waals surface area contributed by atoms with Crippen molar-refractivity contribution in [2.45, 2.75) is 6.92 Å². The predicted molar refractivity (Wildman–Crippen MR) is 135 cm³/mol. The number of fused-ring (bicyclic) bond motifs is 1. The van der Waals surface area contributed by atoms with Crippen molar-refractivity contribution >= 4 is 34.8 Å². The molecule has 0 bridgehead atoms. The number of rotatable bonds is 8. The van der Waals surface area contributed by atoms with Gasteiger partial charge in [0.1, 0.15) is 5.69 Å². The van der Waals surface area contributed by atoms with Crippen LogP contribution in [0.25, 0.3) is 23.2 Å². The first-order valence-electron chi connectivity index (χ1n) is 10.6. The maximum Gasteiger partial charge on any atom is 0.262 e. The van der Waals surface area contributed by atoms with E-state index in [4.69, 9.17) is 14.2 Å². The van der Waals surface area contributed by atoms with Crippen molar-refractivity contribution < 1.29 is 24.5 Å². The molecule has 9 nitrogen and oxygen atoms in total. The van der Waals surface area contributed by atoms with Gasteiger partial charge in [-0.1, -0.05) is 23.8 Å². The molecule has 180 valence electrons. The fourth-order valence-electron chi connectivity index (χ4n) is 3.21. The van der Waals surface area contributed by atoms with Gasteiger partial charge in [0.05, 0.1) is 25.3 Å². The third kappa shape index (κ3) is 6.30. The molecule has 2 aromatic carbocycles. The average Bonchev–Trinajstić information content (AvgIpc) is 2.87. The van der Waals surface area contributed by atoms with Crippen LogP contribution in [0.2, 0.25) is 0 Å². The monoisotopic (exact) mass is 474 g/mol. The first kappa shape index (κ1) is 25.1. The highest BCUT2D eigenvalue weighted by Crippen LogP contribution is 2.32. The third-order valence-electron chi connectivity index (χ3n) is 4.98. The van der Waals surface area contributed by atoms with Gasteiger partial charge in [0.15, 0.2) is 18.1 Å². The fourth-order valence-corrected chi connectivity index (χ4v) is 3.21. The van der Waals surface area contributed by atoms with Crippen LogP contribution >= 0.6 is 0 Å². The molecule has 2 aromatic heterocycles. The Labute approximate surface area is 202 Å². The zero-order valence-electron chi connectivity index (χ0n) is 19.6. The number of hydrogen-bond acceptors (Lipinski definition) is 7. The first-order chi connectivity index (χ1) is 16.6. The largest absolute Gasteiger partial charge is 0.493 e. The summed E-state index contributed by atoms with van der Waals surface area (Å²) in [4.78, 5) is 25.8. The normalized spacial score (nSPS) is 10.6. The summed E-state index contributed by atoms with van der Waals surface area (Å²) in [6.45, 7) is 1.76. The van der Waals surface area contributed by atoms with Gasteiger partial charge in [-0.3, -0.25) is 9.78 Å². The molecule has 0 radical (unpaired) electrons. The van der Waals surface area contributed by atoms with Crippen molar-refractivity contribution in [3.63, 3.8) is 0 Å². The van der Waals surface area contributed by atoms with Crippen molar-refractivity contribution in [1.82, 2.24) is 15.0 Å². The number of nitrogens with zero attached hydrogens (tertiary/aromatic N) is 3. The number of carbonyl (C=O) groups excluding carboxylic acids is 1. The van der Waals surface area contributed by atoms with Crippen molar-refractivity contribution in [2.75, 3.05) is 26.1 Å². The van der Waals surface area contributed by atoms with Gasteiger partial charge in [-0.05, 0) is 42.8 Å². The van der Waals surface area contributed by atoms with E-state index in [1.54, 1.807) is 44.8 Å². The molecule has 0 aliphatic heterocycles. The molecule has 0 spiro atoms. The molecule has 3 N–H and O–H groups in total. The molecule has 0 saturated heterocycles. The Kier molecular flexibility index (Phi) is 8.31. The lowest BCUT2D eigenvalue weighted by molar-refractivity contribution is -0.118. The van der Waals surface area contributed by atoms with E-state index in [2.05, 4.69) is 20.3 Å². The molecular formula is C26H26N4O5. The Morgan fingerprint density at radius 1 is 0.914 bits per heavy atom. The molecular weight excluding hydrogens is 448 g/mol. The number of nitrogens with one attached hydrogen (secondary N) is 1. The number of benzene rings is 2. The van der Waals surface area contributed by atoms with Crippen LogP contribution in [-0.4, -0.2) is 47.2 Å². The number of ether oxygens (including phenoxy) is 3. The van der Waals surface area contributed by atoms with Crippen LogP contribution in [0.4, 0.5) is 5.69 Å². The van der Waals surface area contributed by atoms with Crippen LogP contribution < -0.4 is 19.5 Å². The van der Waals surface area contributed by atoms with Gasteiger partial charge in [-0.15, -0.1) is 0 Å². The van der Waals surface area contributed by atoms with Crippen LogP contribution in [0.3, 0.4) is 0 Å². The fraction of sp³-hybridized carbons (Fsp3) is 0.154. The van der Waals surface area contributed by atoms with E-state index in [0.29, 0.717) is 33.9 Å². The molecule has 35 heavy (non-hydrogen) atoms. The van der Waals surface area contributed by atoms with Crippen molar-refractivity contribution in [2.24, 2.45) is 0 Å². The van der Waals surface area contributed by atoms with Crippen LogP contribution in [0.15, 0.2) is 60.9 Å². The second kappa shape index (κ2) is 11.6. The summed E-state index contributed by atoms with van der Waals surface area (Å²) >= 11 is 0. The van der Waals surface area contributed by atoms with Crippen molar-refractivity contribution in [3.05, 3.63) is 77.7 Å². The summed E-state index contributed by atoms with van der Waals surface area (Å²) < 4.78 is 16.6. The van der Waals surface area contributed by atoms with Gasteiger partial charge in [0.2, 0.25) is 5.88 Å². The highest BCUT2D eigenvalue weighted by molar-refractivity contribution is 5.92. The van der Waals surface area contributed by atoms with E-state index in [9.17, 15) is 4.79 Å². The van der Waals surface area contributed by atoms with Crippen molar-refractivity contribution in [1.29, 1.82) is 0 Å². The van der Waals surface area contributed by atoms with E-state index < -0.39 is 0 Å². The second-order valence-electron chi connectivity index (χ2n) is 7.43. The summed E-state index contributed by atoms with van der Waals surface area (Å²) in [7, 11) is 3.11. The number of pyridine rings is 1. The number of methoxy groups -OCH3 is 2. The SMILES string of the molecule is COc1cc2nc(/C=C\c3ccncc3)c(OCC(=O)Nc3ccc(C)cc3)nc2cc1OC.O. The molecule has 4 aromatic rings. The Morgan fingerprint density at radius 2 is 1.54 bits per heavy atom. The first-order valence-corrected chi connectivity index (χ1v) is 10.6. The summed E-state index contributed by atoms with van der Waals surface area (Å²) in [6.07, 6.45) is 7.06. The third-order valence-corrected chi connectivity index (χ3v) is 4.98. The highest BCUT2D eigenvalue weighted by atomic mass is 16.5. The van der Waals surface area contributed by atoms with Gasteiger partial charge in [-0.2, -0.15) is 0 Å². The van der Waals surface area contributed by atoms with Crippen molar-refractivity contribution in [3.8, 4) is 17.4 Å². The Morgan fingerprint density at radius 3 is 2.17 bits per heavy atom. The van der Waals surface area contributed by atoms with E-state index in [1.165, 1.54) is 0 Å². The average molecular weight is 475 g/mol. The maximum atomic E-state index is 12.5. The predicted octanol–water partition coefficient (Wildman–Crippen LogP) is 3.71. The van der Waals surface area contributed by atoms with Gasteiger partial charge >= 0.3 is 0 Å². The van der Waals surface area contributed by atoms with Crippen LogP contribution in [0.5, 0.6) is 17.4 Å². The summed E-state index contributed by atoms with van der Waals surface area (Å²) in [5, 5.41) is 2.81. The lowest BCUT2D eigenvalue weighted by Gasteiger charge is -2.12. The zero-order chi connectivity index (χ0) is 23.9. The Balaban J connectivity index is 0.00000342. The number of carbonyl (C=O) groups is 1. The molecule has 0 unspecified atom stereocenters. The molecule has 9 heteroatoms. The Bertz CT molecular complexity index is 1330. The number of aryl methyl sites for hydroxylation is 1. The maximum absolute atomic E-state index is 12.5. The van der Waals surface area contributed by atoms with Gasteiger partial charge in [0.25, 0.3) is 5.91 Å². The topological polar surface area (TPSA) is 127 Å². The molecule has 4 rings (SSSR count). The molecule has 0 atom stereocenters. The van der Waals surface area contributed by atoms with Crippen LogP contribution in [0.1, 0.15) is 16.8 Å². The van der Waals surface area contributed by atoms with E-state index in [0.717, 1.165) is 11.1 Å². The molecule has 1 amide bonds. The van der Waals surface area contributed by atoms with Crippen LogP contribution in [0, 0.1) is 6.92 Å². The summed E-state index contributed by atoms with van der Waals surface area (Å²) in [5.41, 5.74) is 4.36. The minimum atomic E-state index is -0.304. The van der Waals surface area contributed by atoms with Gasteiger partial charge < -0.3 is 25.0 Å². The van der Waals surface area contributed by atoms with Crippen LogP contribution in [-0.2, 0) is 4.79 Å². The van der Waals surface area contributed by atoms with E-state index in [-0.39, 0.29) is 23.9 Å². The number of aromatic nitrogens is 3. The second-order valence-corrected chi connectivity index (χ2v) is 7.43. The smallest absolute Gasteiger partial charge is 0.262 e.